The van der Waals surface area contributed by atoms with Crippen LogP contribution in [0.25, 0.3) is 5.69 Å². The molecule has 0 saturated heterocycles. The van der Waals surface area contributed by atoms with Crippen LogP contribution in [-0.4, -0.2) is 26.6 Å². The van der Waals surface area contributed by atoms with Crippen LogP contribution < -0.4 is 11.1 Å². The highest BCUT2D eigenvalue weighted by Crippen LogP contribution is 2.25. The smallest absolute Gasteiger partial charge is 0.251 e. The molecule has 3 N–H and O–H groups in total. The second-order valence-corrected chi connectivity index (χ2v) is 7.71. The third kappa shape index (κ3) is 3.55. The monoisotopic (exact) mass is 390 g/mol. The van der Waals surface area contributed by atoms with E-state index in [-0.39, 0.29) is 5.91 Å². The standard InChI is InChI=1S/C22H22N4OS/c1-13-3-6-15(7-4-13)20(28)18-12-24-26(21(18)23)19-11-16(8-5-14(19)2)22(27)25-17-9-10-17/h3-8,11-12,17H,9-10,23H2,1-2H3,(H,25,27). The molecule has 1 heterocycles. The van der Waals surface area contributed by atoms with Gasteiger partial charge in [0.15, 0.2) is 0 Å². The minimum absolute atomic E-state index is 0.0649. The van der Waals surface area contributed by atoms with E-state index in [0.29, 0.717) is 27.9 Å². The number of anilines is 1. The van der Waals surface area contributed by atoms with Crippen molar-refractivity contribution in [1.29, 1.82) is 0 Å². The number of nitrogens with zero attached hydrogens (tertiary/aromatic N) is 2. The fourth-order valence-corrected chi connectivity index (χ4v) is 3.35. The molecule has 142 valence electrons. The molecule has 6 heteroatoms. The lowest BCUT2D eigenvalue weighted by Crippen LogP contribution is -2.25. The van der Waals surface area contributed by atoms with Crippen LogP contribution in [0.2, 0.25) is 0 Å². The molecule has 4 rings (SSSR count). The van der Waals surface area contributed by atoms with E-state index >= 15 is 0 Å². The van der Waals surface area contributed by atoms with Crippen molar-refractivity contribution in [3.8, 4) is 5.69 Å². The van der Waals surface area contributed by atoms with Gasteiger partial charge in [0.05, 0.1) is 22.3 Å². The van der Waals surface area contributed by atoms with Crippen molar-refractivity contribution in [3.05, 3.63) is 76.5 Å². The summed E-state index contributed by atoms with van der Waals surface area (Å²) in [5.41, 5.74) is 11.6. The van der Waals surface area contributed by atoms with E-state index in [1.54, 1.807) is 10.9 Å². The highest BCUT2D eigenvalue weighted by Gasteiger charge is 2.24. The first-order valence-electron chi connectivity index (χ1n) is 9.31. The molecule has 0 bridgehead atoms. The van der Waals surface area contributed by atoms with Crippen LogP contribution in [0.4, 0.5) is 5.82 Å². The largest absolute Gasteiger partial charge is 0.383 e. The van der Waals surface area contributed by atoms with Gasteiger partial charge in [0, 0.05) is 11.6 Å². The van der Waals surface area contributed by atoms with Crippen LogP contribution in [0, 0.1) is 13.8 Å². The van der Waals surface area contributed by atoms with E-state index in [9.17, 15) is 4.79 Å². The molecular formula is C22H22N4OS. The topological polar surface area (TPSA) is 72.9 Å². The number of hydrogen-bond acceptors (Lipinski definition) is 4. The Morgan fingerprint density at radius 2 is 1.82 bits per heavy atom. The van der Waals surface area contributed by atoms with Gasteiger partial charge in [-0.1, -0.05) is 48.1 Å². The Kier molecular flexibility index (Phi) is 4.73. The second kappa shape index (κ2) is 7.20. The number of nitrogens with two attached hydrogens (primary N) is 1. The zero-order valence-electron chi connectivity index (χ0n) is 15.9. The van der Waals surface area contributed by atoms with Crippen molar-refractivity contribution in [3.63, 3.8) is 0 Å². The fourth-order valence-electron chi connectivity index (χ4n) is 3.06. The van der Waals surface area contributed by atoms with Gasteiger partial charge >= 0.3 is 0 Å². The Hall–Kier alpha value is -2.99. The number of nitrogens with one attached hydrogen (secondary N) is 1. The molecule has 1 aliphatic rings. The number of carbonyl (C=O) groups is 1. The lowest BCUT2D eigenvalue weighted by Gasteiger charge is -2.11. The van der Waals surface area contributed by atoms with Gasteiger partial charge in [-0.25, -0.2) is 4.68 Å². The number of amides is 1. The third-order valence-corrected chi connectivity index (χ3v) is 5.43. The van der Waals surface area contributed by atoms with Gasteiger partial charge in [0.2, 0.25) is 0 Å². The summed E-state index contributed by atoms with van der Waals surface area (Å²) >= 11 is 5.64. The number of hydrogen-bond donors (Lipinski definition) is 2. The van der Waals surface area contributed by atoms with Crippen LogP contribution >= 0.6 is 12.2 Å². The molecule has 5 nitrogen and oxygen atoms in total. The summed E-state index contributed by atoms with van der Waals surface area (Å²) in [4.78, 5) is 13.1. The SMILES string of the molecule is Cc1ccc(C(=S)c2cnn(-c3cc(C(=O)NC4CC4)ccc3C)c2N)cc1. The molecule has 1 fully saturated rings. The third-order valence-electron chi connectivity index (χ3n) is 4.98. The number of aryl methyl sites for hydroxylation is 2. The summed E-state index contributed by atoms with van der Waals surface area (Å²) in [6.07, 6.45) is 3.79. The minimum Gasteiger partial charge on any atom is -0.383 e. The van der Waals surface area contributed by atoms with Gasteiger partial charge in [0.25, 0.3) is 5.91 Å². The second-order valence-electron chi connectivity index (χ2n) is 7.30. The quantitative estimate of drug-likeness (QED) is 0.514. The zero-order valence-corrected chi connectivity index (χ0v) is 16.7. The van der Waals surface area contributed by atoms with Gasteiger partial charge in [-0.15, -0.1) is 0 Å². The van der Waals surface area contributed by atoms with Crippen molar-refractivity contribution in [1.82, 2.24) is 15.1 Å². The molecule has 1 aromatic heterocycles. The number of aromatic nitrogens is 2. The van der Waals surface area contributed by atoms with Crippen LogP contribution in [0.3, 0.4) is 0 Å². The van der Waals surface area contributed by atoms with Gasteiger partial charge < -0.3 is 11.1 Å². The van der Waals surface area contributed by atoms with Gasteiger partial charge in [0.1, 0.15) is 5.82 Å². The van der Waals surface area contributed by atoms with E-state index < -0.39 is 0 Å². The number of carbonyl (C=O) groups excluding carboxylic acids is 1. The van der Waals surface area contributed by atoms with E-state index in [0.717, 1.165) is 29.7 Å². The van der Waals surface area contributed by atoms with Crippen molar-refractivity contribution in [2.75, 3.05) is 5.73 Å². The Morgan fingerprint density at radius 1 is 1.14 bits per heavy atom. The predicted molar refractivity (Wildman–Crippen MR) is 115 cm³/mol. The van der Waals surface area contributed by atoms with Crippen molar-refractivity contribution in [2.45, 2.75) is 32.7 Å². The highest BCUT2D eigenvalue weighted by molar-refractivity contribution is 7.81. The molecule has 1 aliphatic carbocycles. The summed E-state index contributed by atoms with van der Waals surface area (Å²) in [6, 6.07) is 13.9. The van der Waals surface area contributed by atoms with Gasteiger partial charge in [-0.2, -0.15) is 5.10 Å². The Labute approximate surface area is 169 Å². The number of nitrogen functional groups attached to an aromatic ring is 1. The number of benzene rings is 2. The van der Waals surface area contributed by atoms with E-state index in [2.05, 4.69) is 10.4 Å². The maximum Gasteiger partial charge on any atom is 0.251 e. The van der Waals surface area contributed by atoms with Crippen LogP contribution in [0.5, 0.6) is 0 Å². The first-order chi connectivity index (χ1) is 13.4. The van der Waals surface area contributed by atoms with Crippen molar-refractivity contribution in [2.24, 2.45) is 0 Å². The fraction of sp³-hybridized carbons (Fsp3) is 0.227. The Morgan fingerprint density at radius 3 is 2.50 bits per heavy atom. The van der Waals surface area contributed by atoms with Crippen LogP contribution in [0.1, 0.15) is 45.5 Å². The van der Waals surface area contributed by atoms with E-state index in [4.69, 9.17) is 18.0 Å². The normalized spacial score (nSPS) is 13.4. The molecule has 0 aliphatic heterocycles. The maximum absolute atomic E-state index is 12.4. The Bertz CT molecular complexity index is 1060. The number of rotatable bonds is 5. The maximum atomic E-state index is 12.4. The average molecular weight is 391 g/mol. The van der Waals surface area contributed by atoms with Gasteiger partial charge in [-0.05, 0) is 49.9 Å². The molecule has 0 atom stereocenters. The zero-order chi connectivity index (χ0) is 19.8. The van der Waals surface area contributed by atoms with Crippen molar-refractivity contribution < 1.29 is 4.79 Å². The molecule has 2 aromatic carbocycles. The lowest BCUT2D eigenvalue weighted by molar-refractivity contribution is 0.0951. The van der Waals surface area contributed by atoms with E-state index in [1.165, 1.54) is 5.56 Å². The summed E-state index contributed by atoms with van der Waals surface area (Å²) < 4.78 is 1.65. The van der Waals surface area contributed by atoms with Crippen LogP contribution in [0.15, 0.2) is 48.7 Å². The number of thiocarbonyl (C=S) groups is 1. The summed E-state index contributed by atoms with van der Waals surface area (Å²) in [7, 11) is 0. The molecule has 3 aromatic rings. The minimum atomic E-state index is -0.0649. The van der Waals surface area contributed by atoms with Crippen LogP contribution in [-0.2, 0) is 0 Å². The molecular weight excluding hydrogens is 368 g/mol. The molecule has 28 heavy (non-hydrogen) atoms. The molecule has 1 saturated carbocycles. The van der Waals surface area contributed by atoms with Gasteiger partial charge in [-0.3, -0.25) is 4.79 Å². The first-order valence-corrected chi connectivity index (χ1v) is 9.71. The first kappa shape index (κ1) is 18.4. The summed E-state index contributed by atoms with van der Waals surface area (Å²) in [5.74, 6) is 0.401. The molecule has 1 amide bonds. The molecule has 0 unspecified atom stereocenters. The van der Waals surface area contributed by atoms with E-state index in [1.807, 2.05) is 56.3 Å². The molecule has 0 spiro atoms. The highest BCUT2D eigenvalue weighted by atomic mass is 32.1. The van der Waals surface area contributed by atoms with Crippen molar-refractivity contribution >= 4 is 28.8 Å². The summed E-state index contributed by atoms with van der Waals surface area (Å²) in [5, 5.41) is 7.47. The molecule has 0 radical (unpaired) electrons. The Balaban J connectivity index is 1.67. The summed E-state index contributed by atoms with van der Waals surface area (Å²) in [6.45, 7) is 4.01. The lowest BCUT2D eigenvalue weighted by atomic mass is 10.1. The average Bonchev–Trinajstić information content (AvgIpc) is 3.42. The predicted octanol–water partition coefficient (Wildman–Crippen LogP) is 3.73.